The Labute approximate surface area is 521 Å². The van der Waals surface area contributed by atoms with Crippen LogP contribution in [0.15, 0.2) is 53.5 Å². The van der Waals surface area contributed by atoms with Gasteiger partial charge < -0.3 is 33.7 Å². The average molecular weight is 1240 g/mol. The molecule has 6 aromatic rings. The Balaban J connectivity index is 0.699. The van der Waals surface area contributed by atoms with E-state index >= 15 is 8.78 Å². The molecule has 0 radical (unpaired) electrons. The molecular weight excluding hydrogens is 1150 g/mol. The highest BCUT2D eigenvalue weighted by atomic mass is 28.4. The molecule has 3 aromatic carbocycles. The van der Waals surface area contributed by atoms with E-state index in [-0.39, 0.29) is 95.1 Å². The zero-order valence-corrected chi connectivity index (χ0v) is 54.4. The van der Waals surface area contributed by atoms with Gasteiger partial charge in [0, 0.05) is 95.9 Å². The zero-order valence-electron chi connectivity index (χ0n) is 53.4. The highest BCUT2D eigenvalue weighted by Crippen LogP contribution is 2.47. The molecule has 12 rings (SSSR count). The highest BCUT2D eigenvalue weighted by molar-refractivity contribution is 6.78. The number of fused-ring (bicyclic) bond motifs is 4. The molecule has 0 spiro atoms. The maximum Gasteiger partial charge on any atom is 0.409 e. The number of nitrogens with one attached hydrogen (secondary N) is 1. The van der Waals surface area contributed by atoms with E-state index in [0.717, 1.165) is 94.4 Å². The summed E-state index contributed by atoms with van der Waals surface area (Å²) in [6.07, 6.45) is 8.97. The van der Waals surface area contributed by atoms with E-state index in [1.165, 1.54) is 10.6 Å². The lowest BCUT2D eigenvalue weighted by Gasteiger charge is -2.42. The molecule has 6 aliphatic heterocycles. The summed E-state index contributed by atoms with van der Waals surface area (Å²) in [4.78, 5) is 77.4. The van der Waals surface area contributed by atoms with E-state index < -0.39 is 31.7 Å². The van der Waals surface area contributed by atoms with E-state index in [1.54, 1.807) is 30.8 Å². The third-order valence-corrected chi connectivity index (χ3v) is 27.0. The molecule has 1 unspecified atom stereocenters. The number of nitrogens with zero attached hydrogens (tertiary/aromatic N) is 10. The molecule has 0 bridgehead atoms. The van der Waals surface area contributed by atoms with Gasteiger partial charge in [0.25, 0.3) is 8.32 Å². The minimum atomic E-state index is -2.49. The maximum atomic E-state index is 18.0. The Hall–Kier alpha value is -6.75. The van der Waals surface area contributed by atoms with E-state index in [0.29, 0.717) is 90.2 Å². The normalized spacial score (nSPS) is 23.5. The van der Waals surface area contributed by atoms with Crippen molar-refractivity contribution in [1.82, 2.24) is 44.1 Å². The molecular formula is C67H89F2N11O8Si. The molecule has 2 N–H and O–H groups in total. The number of benzene rings is 3. The smallest absolute Gasteiger partial charge is 0.409 e. The van der Waals surface area contributed by atoms with Gasteiger partial charge in [0.15, 0.2) is 5.82 Å². The number of aromatic nitrogens is 5. The van der Waals surface area contributed by atoms with Gasteiger partial charge in [-0.3, -0.25) is 38.8 Å². The number of hydrogen-bond acceptors (Lipinski definition) is 15. The third-order valence-electron chi connectivity index (χ3n) is 21.0. The largest absolute Gasteiger partial charge is 0.543 e. The second kappa shape index (κ2) is 24.8. The molecule has 22 heteroatoms. The SMILES string of the molecule is CCc1c(F)ccc2cc(O[Si](C(C)C)(C(C)C)C(C)C)cc(-c3ncc4c(N5CCC[C@@](C)(O)C5)nc(OC[C@@]56CCCN5[C@H](COC(=O)N5CCN(CC7CCN(c8ccc9c(c8)n(C)c(=O)n9C8CCC(=O)NC8=O)CC7)CC5)CC6)nc4c3F)c12. The fraction of sp³-hybridized carbons (Fsp3) is 0.597. The Kier molecular flexibility index (Phi) is 17.4. The summed E-state index contributed by atoms with van der Waals surface area (Å²) in [5, 5.41) is 15.4. The molecule has 478 valence electrons. The summed E-state index contributed by atoms with van der Waals surface area (Å²) in [6, 6.07) is 12.3. The number of imide groups is 1. The first-order valence-corrected chi connectivity index (χ1v) is 34.8. The number of β-amino-alcohol motifs (C(OH)–C–C–N with tert-alkyl or cyclic N) is 1. The van der Waals surface area contributed by atoms with Crippen molar-refractivity contribution in [3.63, 3.8) is 0 Å². The first kappa shape index (κ1) is 62.4. The molecule has 6 saturated heterocycles. The topological polar surface area (TPSA) is 193 Å². The molecule has 6 aliphatic rings. The van der Waals surface area contributed by atoms with Gasteiger partial charge in [-0.15, -0.1) is 0 Å². The van der Waals surface area contributed by atoms with Crippen molar-refractivity contribution in [2.75, 3.05) is 88.5 Å². The fourth-order valence-corrected chi connectivity index (χ4v) is 21.7. The van der Waals surface area contributed by atoms with Crippen molar-refractivity contribution in [1.29, 1.82) is 0 Å². The molecule has 4 atom stereocenters. The first-order valence-electron chi connectivity index (χ1n) is 32.7. The molecule has 9 heterocycles. The van der Waals surface area contributed by atoms with Gasteiger partial charge in [-0.1, -0.05) is 54.5 Å². The molecule has 19 nitrogen and oxygen atoms in total. The van der Waals surface area contributed by atoms with Crippen LogP contribution in [0.25, 0.3) is 44.0 Å². The van der Waals surface area contributed by atoms with Crippen LogP contribution in [0.4, 0.5) is 25.1 Å². The van der Waals surface area contributed by atoms with Gasteiger partial charge in [0.05, 0.1) is 27.6 Å². The van der Waals surface area contributed by atoms with Crippen LogP contribution in [0.3, 0.4) is 0 Å². The molecule has 89 heavy (non-hydrogen) atoms. The number of ether oxygens (including phenoxy) is 2. The lowest BCUT2D eigenvalue weighted by Crippen LogP contribution is -2.51. The number of hydrogen-bond donors (Lipinski definition) is 2. The minimum Gasteiger partial charge on any atom is -0.543 e. The van der Waals surface area contributed by atoms with Crippen LogP contribution in [0, 0.1) is 17.6 Å². The summed E-state index contributed by atoms with van der Waals surface area (Å²) in [5.41, 5.74) is 2.57. The summed E-state index contributed by atoms with van der Waals surface area (Å²) >= 11 is 0. The number of pyridine rings is 1. The zero-order chi connectivity index (χ0) is 62.8. The van der Waals surface area contributed by atoms with Gasteiger partial charge >= 0.3 is 17.8 Å². The first-order chi connectivity index (χ1) is 42.6. The van der Waals surface area contributed by atoms with Crippen LogP contribution in [-0.4, -0.2) is 166 Å². The van der Waals surface area contributed by atoms with Crippen molar-refractivity contribution in [2.45, 2.75) is 166 Å². The van der Waals surface area contributed by atoms with Gasteiger partial charge in [0.2, 0.25) is 11.8 Å². The monoisotopic (exact) mass is 1240 g/mol. The van der Waals surface area contributed by atoms with Crippen LogP contribution in [-0.2, 0) is 27.8 Å². The summed E-state index contributed by atoms with van der Waals surface area (Å²) in [5.74, 6) is -0.273. The predicted octanol–water partition coefficient (Wildman–Crippen LogP) is 10.3. The number of carbonyl (C=O) groups excluding carboxylic acids is 3. The number of amides is 3. The van der Waals surface area contributed by atoms with E-state index in [4.69, 9.17) is 28.9 Å². The van der Waals surface area contributed by atoms with Crippen molar-refractivity contribution in [2.24, 2.45) is 13.0 Å². The van der Waals surface area contributed by atoms with Crippen LogP contribution >= 0.6 is 0 Å². The average Bonchev–Trinajstić information content (AvgIpc) is 1.71. The number of piperidine rings is 3. The standard InChI is InChI=1S/C67H89F2N11O8Si/c1-10-49-52(68)15-13-45-33-48(88-89(41(2)3,42(4)5)43(6)7)35-50(57(45)49)59-58(69)60-51(36-70-59)61(78-25-11-22-66(8,85)39-78)73-63(72-60)87-40-67-23-12-26-79(67)47(19-24-67)38-86-65(84)77-31-29-75(30-32-77)37-44-20-27-76(28-21-44)46-14-16-53-55(34-46)74(9)64(83)80(53)54-17-18-56(81)71-62(54)82/h13-16,33-36,41-44,47,54,85H,10-12,17-32,37-40H2,1-9H3,(H,71,81,82)/t47-,54?,66+,67-/m0/s1. The summed E-state index contributed by atoms with van der Waals surface area (Å²) in [7, 11) is -0.768. The maximum absolute atomic E-state index is 18.0. The lowest BCUT2D eigenvalue weighted by atomic mass is 9.94. The second-order valence-corrected chi connectivity index (χ2v) is 32.9. The number of imidazole rings is 1. The second-order valence-electron chi connectivity index (χ2n) is 27.6. The quantitative estimate of drug-likeness (QED) is 0.0647. The van der Waals surface area contributed by atoms with E-state index in [9.17, 15) is 24.3 Å². The number of halogens is 2. The molecule has 3 aromatic heterocycles. The number of aryl methyl sites for hydroxylation is 2. The Morgan fingerprint density at radius 1 is 0.843 bits per heavy atom. The van der Waals surface area contributed by atoms with Crippen molar-refractivity contribution in [3.8, 4) is 23.0 Å². The third kappa shape index (κ3) is 11.8. The number of carbonyl (C=O) groups is 3. The lowest BCUT2D eigenvalue weighted by molar-refractivity contribution is -0.135. The number of rotatable bonds is 17. The van der Waals surface area contributed by atoms with Crippen molar-refractivity contribution < 1.29 is 42.2 Å². The predicted molar refractivity (Wildman–Crippen MR) is 343 cm³/mol. The van der Waals surface area contributed by atoms with E-state index in [1.807, 2.05) is 47.1 Å². The van der Waals surface area contributed by atoms with Crippen molar-refractivity contribution >= 4 is 70.4 Å². The highest BCUT2D eigenvalue weighted by Gasteiger charge is 2.51. The van der Waals surface area contributed by atoms with Crippen molar-refractivity contribution in [3.05, 3.63) is 76.3 Å². The Morgan fingerprint density at radius 2 is 1.58 bits per heavy atom. The minimum absolute atomic E-state index is 0.00142. The Bertz CT molecular complexity index is 3720. The van der Waals surface area contributed by atoms with Crippen LogP contribution < -0.4 is 30.0 Å². The summed E-state index contributed by atoms with van der Waals surface area (Å²) < 4.78 is 57.1. The number of anilines is 2. The molecule has 0 saturated carbocycles. The van der Waals surface area contributed by atoms with Gasteiger partial charge in [-0.05, 0) is 153 Å². The number of aliphatic hydroxyl groups is 1. The van der Waals surface area contributed by atoms with Gasteiger partial charge in [0.1, 0.15) is 47.9 Å². The number of piperazine rings is 1. The van der Waals surface area contributed by atoms with Crippen LogP contribution in [0.5, 0.6) is 11.8 Å². The fourth-order valence-electron chi connectivity index (χ4n) is 16.4. The van der Waals surface area contributed by atoms with Gasteiger partial charge in [-0.25, -0.2) is 18.4 Å². The Morgan fingerprint density at radius 3 is 2.29 bits per heavy atom. The van der Waals surface area contributed by atoms with Crippen LogP contribution in [0.2, 0.25) is 16.6 Å². The summed E-state index contributed by atoms with van der Waals surface area (Å²) in [6.45, 7) is 24.7. The van der Waals surface area contributed by atoms with E-state index in [2.05, 4.69) is 61.6 Å². The van der Waals surface area contributed by atoms with Gasteiger partial charge in [-0.2, -0.15) is 9.97 Å². The molecule has 3 amide bonds. The molecule has 0 aliphatic carbocycles. The molecule has 6 fully saturated rings. The van der Waals surface area contributed by atoms with Crippen LogP contribution in [0.1, 0.15) is 131 Å².